The van der Waals surface area contributed by atoms with Crippen molar-refractivity contribution in [3.8, 4) is 0 Å². The highest BCUT2D eigenvalue weighted by atomic mass is 79.9. The summed E-state index contributed by atoms with van der Waals surface area (Å²) < 4.78 is 27.1. The van der Waals surface area contributed by atoms with E-state index in [-0.39, 0.29) is 18.4 Å². The highest BCUT2D eigenvalue weighted by molar-refractivity contribution is 9.10. The quantitative estimate of drug-likeness (QED) is 0.737. The number of carbonyl (C=O) groups excluding carboxylic acids is 2. The van der Waals surface area contributed by atoms with E-state index in [1.807, 2.05) is 0 Å². The Balaban J connectivity index is 2.09. The third-order valence-corrected chi connectivity index (χ3v) is 4.41. The van der Waals surface area contributed by atoms with E-state index >= 15 is 0 Å². The Morgan fingerprint density at radius 1 is 1.16 bits per heavy atom. The molecule has 1 atom stereocenters. The molecule has 3 N–H and O–H groups in total. The summed E-state index contributed by atoms with van der Waals surface area (Å²) in [7, 11) is 0. The molecule has 4 nitrogen and oxygen atoms in total. The van der Waals surface area contributed by atoms with Crippen molar-refractivity contribution in [3.05, 3.63) is 68.7 Å². The zero-order valence-corrected chi connectivity index (χ0v) is 15.2. The maximum Gasteiger partial charge on any atom is 0.240 e. The number of hydrogen-bond donors (Lipinski definition) is 2. The second-order valence-corrected chi connectivity index (χ2v) is 6.71. The van der Waals surface area contributed by atoms with Gasteiger partial charge in [-0.3, -0.25) is 9.59 Å². The maximum absolute atomic E-state index is 13.2. The van der Waals surface area contributed by atoms with E-state index < -0.39 is 29.5 Å². The maximum atomic E-state index is 13.2. The lowest BCUT2D eigenvalue weighted by atomic mass is 10.0. The highest BCUT2D eigenvalue weighted by Gasteiger charge is 2.20. The van der Waals surface area contributed by atoms with E-state index in [0.717, 1.165) is 12.1 Å². The Morgan fingerprint density at radius 2 is 1.80 bits per heavy atom. The molecule has 8 heteroatoms. The van der Waals surface area contributed by atoms with E-state index in [1.165, 1.54) is 0 Å². The number of rotatable bonds is 6. The van der Waals surface area contributed by atoms with Gasteiger partial charge in [0, 0.05) is 22.0 Å². The normalized spacial score (nSPS) is 11.8. The first kappa shape index (κ1) is 19.3. The van der Waals surface area contributed by atoms with Crippen LogP contribution in [-0.2, 0) is 22.4 Å². The zero-order valence-electron chi connectivity index (χ0n) is 12.9. The van der Waals surface area contributed by atoms with Gasteiger partial charge in [-0.25, -0.2) is 8.78 Å². The van der Waals surface area contributed by atoms with E-state index in [9.17, 15) is 18.4 Å². The molecule has 0 heterocycles. The van der Waals surface area contributed by atoms with Gasteiger partial charge in [-0.2, -0.15) is 0 Å². The lowest BCUT2D eigenvalue weighted by Crippen LogP contribution is -2.46. The van der Waals surface area contributed by atoms with Crippen LogP contribution in [0.25, 0.3) is 0 Å². The Hall–Kier alpha value is -1.99. The monoisotopic (exact) mass is 430 g/mol. The molecule has 0 fully saturated rings. The lowest BCUT2D eigenvalue weighted by Gasteiger charge is -2.17. The molecule has 0 aromatic heterocycles. The molecule has 0 radical (unpaired) electrons. The molecule has 0 aliphatic carbocycles. The Morgan fingerprint density at radius 3 is 2.40 bits per heavy atom. The van der Waals surface area contributed by atoms with Crippen LogP contribution in [0.5, 0.6) is 0 Å². The summed E-state index contributed by atoms with van der Waals surface area (Å²) in [6, 6.07) is 6.87. The molecule has 0 aliphatic rings. The van der Waals surface area contributed by atoms with Gasteiger partial charge in [0.15, 0.2) is 0 Å². The number of carbonyl (C=O) groups is 2. The van der Waals surface area contributed by atoms with Crippen LogP contribution in [0.15, 0.2) is 40.9 Å². The molecule has 0 bridgehead atoms. The van der Waals surface area contributed by atoms with Gasteiger partial charge in [-0.1, -0.05) is 27.5 Å². The van der Waals surface area contributed by atoms with Crippen molar-refractivity contribution in [2.45, 2.75) is 18.9 Å². The second-order valence-electron chi connectivity index (χ2n) is 5.42. The third kappa shape index (κ3) is 5.79. The number of nitrogens with one attached hydrogen (secondary N) is 1. The van der Waals surface area contributed by atoms with Crippen molar-refractivity contribution in [1.29, 1.82) is 0 Å². The van der Waals surface area contributed by atoms with Crippen LogP contribution in [0, 0.1) is 11.6 Å². The molecule has 0 aliphatic heterocycles. The first-order chi connectivity index (χ1) is 11.7. The topological polar surface area (TPSA) is 72.2 Å². The molecule has 25 heavy (non-hydrogen) atoms. The van der Waals surface area contributed by atoms with Crippen LogP contribution in [0.3, 0.4) is 0 Å². The average molecular weight is 432 g/mol. The van der Waals surface area contributed by atoms with Gasteiger partial charge in [0.2, 0.25) is 11.8 Å². The molecule has 0 saturated carbocycles. The summed E-state index contributed by atoms with van der Waals surface area (Å²) in [6.07, 6.45) is -0.158. The molecule has 0 unspecified atom stereocenters. The van der Waals surface area contributed by atoms with Crippen LogP contribution in [0.1, 0.15) is 11.1 Å². The molecule has 2 aromatic carbocycles. The number of benzene rings is 2. The van der Waals surface area contributed by atoms with Crippen molar-refractivity contribution in [1.82, 2.24) is 5.32 Å². The van der Waals surface area contributed by atoms with Crippen LogP contribution in [-0.4, -0.2) is 17.9 Å². The van der Waals surface area contributed by atoms with Gasteiger partial charge in [0.1, 0.15) is 17.7 Å². The fraction of sp³-hybridized carbons (Fsp3) is 0.176. The summed E-state index contributed by atoms with van der Waals surface area (Å²) in [6.45, 7) is 0. The predicted octanol–water partition coefficient (Wildman–Crippen LogP) is 3.14. The summed E-state index contributed by atoms with van der Waals surface area (Å²) in [5.74, 6) is -2.87. The SMILES string of the molecule is NC(=O)[C@@H](Cc1cc(Cl)ccc1Br)NC(=O)Cc1cc(F)cc(F)c1. The van der Waals surface area contributed by atoms with E-state index in [0.29, 0.717) is 21.1 Å². The van der Waals surface area contributed by atoms with Crippen molar-refractivity contribution >= 4 is 39.3 Å². The van der Waals surface area contributed by atoms with Crippen molar-refractivity contribution < 1.29 is 18.4 Å². The van der Waals surface area contributed by atoms with Crippen LogP contribution in [0.2, 0.25) is 5.02 Å². The molecule has 2 aromatic rings. The van der Waals surface area contributed by atoms with Gasteiger partial charge >= 0.3 is 0 Å². The smallest absolute Gasteiger partial charge is 0.240 e. The van der Waals surface area contributed by atoms with Gasteiger partial charge in [0.25, 0.3) is 0 Å². The van der Waals surface area contributed by atoms with Gasteiger partial charge < -0.3 is 11.1 Å². The molecule has 0 spiro atoms. The molecule has 2 amide bonds. The van der Waals surface area contributed by atoms with Gasteiger partial charge in [-0.15, -0.1) is 0 Å². The predicted molar refractivity (Wildman–Crippen MR) is 94.0 cm³/mol. The Bertz CT molecular complexity index is 797. The van der Waals surface area contributed by atoms with Crippen LogP contribution >= 0.6 is 27.5 Å². The molecular weight excluding hydrogens is 418 g/mol. The van der Waals surface area contributed by atoms with Gasteiger partial charge in [0.05, 0.1) is 6.42 Å². The van der Waals surface area contributed by atoms with Crippen LogP contribution < -0.4 is 11.1 Å². The number of primary amides is 1. The lowest BCUT2D eigenvalue weighted by molar-refractivity contribution is -0.127. The van der Waals surface area contributed by atoms with Gasteiger partial charge in [-0.05, 0) is 41.5 Å². The van der Waals surface area contributed by atoms with E-state index in [1.54, 1.807) is 18.2 Å². The largest absolute Gasteiger partial charge is 0.368 e. The Kier molecular flexibility index (Phi) is 6.50. The number of amides is 2. The van der Waals surface area contributed by atoms with E-state index in [2.05, 4.69) is 21.2 Å². The number of hydrogen-bond acceptors (Lipinski definition) is 2. The van der Waals surface area contributed by atoms with Crippen molar-refractivity contribution in [2.75, 3.05) is 0 Å². The first-order valence-electron chi connectivity index (χ1n) is 7.22. The molecule has 0 saturated heterocycles. The molecular formula is C17H14BrClF2N2O2. The summed E-state index contributed by atoms with van der Waals surface area (Å²) >= 11 is 9.26. The molecule has 2 rings (SSSR count). The van der Waals surface area contributed by atoms with E-state index in [4.69, 9.17) is 17.3 Å². The van der Waals surface area contributed by atoms with Crippen molar-refractivity contribution in [3.63, 3.8) is 0 Å². The fourth-order valence-electron chi connectivity index (χ4n) is 2.29. The van der Waals surface area contributed by atoms with Crippen molar-refractivity contribution in [2.24, 2.45) is 5.73 Å². The first-order valence-corrected chi connectivity index (χ1v) is 8.39. The minimum absolute atomic E-state index is 0.125. The average Bonchev–Trinajstić information content (AvgIpc) is 2.48. The summed E-state index contributed by atoms with van der Waals surface area (Å²) in [4.78, 5) is 23.7. The Labute approximate surface area is 156 Å². The number of halogens is 4. The summed E-state index contributed by atoms with van der Waals surface area (Å²) in [5.41, 5.74) is 6.18. The highest BCUT2D eigenvalue weighted by Crippen LogP contribution is 2.22. The number of nitrogens with two attached hydrogens (primary N) is 1. The summed E-state index contributed by atoms with van der Waals surface area (Å²) in [5, 5.41) is 2.95. The minimum atomic E-state index is -0.985. The molecule has 132 valence electrons. The standard InChI is InChI=1S/C17H14BrClF2N2O2/c18-14-2-1-11(19)6-10(14)7-15(17(22)25)23-16(24)5-9-3-12(20)8-13(21)4-9/h1-4,6,8,15H,5,7H2,(H2,22,25)(H,23,24)/t15-/m1/s1. The zero-order chi connectivity index (χ0) is 18.6. The third-order valence-electron chi connectivity index (χ3n) is 3.40. The van der Waals surface area contributed by atoms with Crippen LogP contribution in [0.4, 0.5) is 8.78 Å². The minimum Gasteiger partial charge on any atom is -0.368 e. The fourth-order valence-corrected chi connectivity index (χ4v) is 2.89. The second kappa shape index (κ2) is 8.40.